The highest BCUT2D eigenvalue weighted by Crippen LogP contribution is 2.35. The third kappa shape index (κ3) is 4.12. The van der Waals surface area contributed by atoms with Crippen LogP contribution in [0.15, 0.2) is 68.7 Å². The molecule has 0 aliphatic carbocycles. The van der Waals surface area contributed by atoms with Gasteiger partial charge in [0.2, 0.25) is 10.0 Å². The van der Waals surface area contributed by atoms with Crippen molar-refractivity contribution in [3.8, 4) is 0 Å². The maximum atomic E-state index is 12.9. The molecule has 1 aliphatic rings. The summed E-state index contributed by atoms with van der Waals surface area (Å²) in [6, 6.07) is 12.8. The highest BCUT2D eigenvalue weighted by molar-refractivity contribution is 7.92. The second kappa shape index (κ2) is 8.00. The Bertz CT molecular complexity index is 1180. The number of halogens is 1. The fourth-order valence-corrected chi connectivity index (χ4v) is 3.89. The van der Waals surface area contributed by atoms with Crippen LogP contribution in [0.2, 0.25) is 5.22 Å². The van der Waals surface area contributed by atoms with E-state index in [9.17, 15) is 13.2 Å². The van der Waals surface area contributed by atoms with E-state index < -0.39 is 22.0 Å². The van der Waals surface area contributed by atoms with E-state index in [1.807, 2.05) is 0 Å². The molecule has 0 fully saturated rings. The zero-order valence-electron chi connectivity index (χ0n) is 15.9. The average molecular weight is 448 g/mol. The summed E-state index contributed by atoms with van der Waals surface area (Å²) in [5.41, 5.74) is 1.86. The van der Waals surface area contributed by atoms with Crippen molar-refractivity contribution in [3.63, 3.8) is 0 Å². The first kappa shape index (κ1) is 20.2. The lowest BCUT2D eigenvalue weighted by Crippen LogP contribution is -2.26. The predicted molar refractivity (Wildman–Crippen MR) is 112 cm³/mol. The SMILES string of the molecule is CCS(=O)(=O)Nc1ccc(C2=NN(C(=O)c3ccco3)[C@H](c3ccc(Cl)o3)C2)cc1. The van der Waals surface area contributed by atoms with Gasteiger partial charge in [-0.3, -0.25) is 9.52 Å². The van der Waals surface area contributed by atoms with Crippen molar-refractivity contribution < 1.29 is 22.0 Å². The van der Waals surface area contributed by atoms with Crippen LogP contribution in [0.25, 0.3) is 0 Å². The number of hydrogen-bond acceptors (Lipinski definition) is 6. The Kier molecular flexibility index (Phi) is 5.40. The number of amides is 1. The molecule has 0 unspecified atom stereocenters. The van der Waals surface area contributed by atoms with Gasteiger partial charge in [-0.2, -0.15) is 5.10 Å². The van der Waals surface area contributed by atoms with Gasteiger partial charge in [-0.25, -0.2) is 13.4 Å². The molecule has 156 valence electrons. The lowest BCUT2D eigenvalue weighted by molar-refractivity contribution is 0.0660. The first-order valence-corrected chi connectivity index (χ1v) is 11.2. The Morgan fingerprint density at radius 3 is 2.60 bits per heavy atom. The molecule has 1 atom stereocenters. The maximum absolute atomic E-state index is 12.9. The summed E-state index contributed by atoms with van der Waals surface area (Å²) >= 11 is 5.92. The van der Waals surface area contributed by atoms with E-state index in [4.69, 9.17) is 20.4 Å². The molecule has 0 saturated carbocycles. The van der Waals surface area contributed by atoms with Crippen molar-refractivity contribution in [2.45, 2.75) is 19.4 Å². The van der Waals surface area contributed by atoms with Crippen molar-refractivity contribution in [3.05, 3.63) is 77.1 Å². The molecule has 1 aromatic carbocycles. The molecule has 10 heteroatoms. The Morgan fingerprint density at radius 2 is 2.00 bits per heavy atom. The van der Waals surface area contributed by atoms with Gasteiger partial charge in [0.1, 0.15) is 11.8 Å². The van der Waals surface area contributed by atoms with Crippen LogP contribution < -0.4 is 4.72 Å². The normalized spacial score (nSPS) is 16.5. The summed E-state index contributed by atoms with van der Waals surface area (Å²) in [5, 5.41) is 6.04. The Labute approximate surface area is 178 Å². The van der Waals surface area contributed by atoms with E-state index in [-0.39, 0.29) is 16.7 Å². The molecule has 1 aliphatic heterocycles. The lowest BCUT2D eigenvalue weighted by Gasteiger charge is -2.18. The van der Waals surface area contributed by atoms with Crippen LogP contribution in [-0.2, 0) is 10.0 Å². The molecular weight excluding hydrogens is 430 g/mol. The number of furan rings is 2. The third-order valence-corrected chi connectivity index (χ3v) is 6.15. The molecule has 8 nitrogen and oxygen atoms in total. The number of nitrogens with one attached hydrogen (secondary N) is 1. The molecule has 1 amide bonds. The second-order valence-corrected chi connectivity index (χ2v) is 9.00. The second-order valence-electron chi connectivity index (χ2n) is 6.62. The van der Waals surface area contributed by atoms with E-state index in [2.05, 4.69) is 9.82 Å². The van der Waals surface area contributed by atoms with Crippen LogP contribution in [0.1, 0.15) is 41.3 Å². The quantitative estimate of drug-likeness (QED) is 0.607. The molecule has 0 radical (unpaired) electrons. The van der Waals surface area contributed by atoms with Gasteiger partial charge in [0.05, 0.1) is 17.7 Å². The van der Waals surface area contributed by atoms with Crippen molar-refractivity contribution >= 4 is 38.9 Å². The van der Waals surface area contributed by atoms with Crippen LogP contribution in [0.5, 0.6) is 0 Å². The molecule has 3 heterocycles. The number of nitrogens with zero attached hydrogens (tertiary/aromatic N) is 2. The van der Waals surface area contributed by atoms with E-state index >= 15 is 0 Å². The third-order valence-electron chi connectivity index (χ3n) is 4.64. The Balaban J connectivity index is 1.63. The van der Waals surface area contributed by atoms with Gasteiger partial charge < -0.3 is 8.83 Å². The van der Waals surface area contributed by atoms with E-state index in [0.717, 1.165) is 5.56 Å². The number of sulfonamides is 1. The van der Waals surface area contributed by atoms with Crippen molar-refractivity contribution in [1.29, 1.82) is 0 Å². The molecule has 0 saturated heterocycles. The zero-order valence-corrected chi connectivity index (χ0v) is 17.5. The Hall–Kier alpha value is -3.04. The molecular formula is C20H18ClN3O5S. The van der Waals surface area contributed by atoms with Crippen LogP contribution in [0.4, 0.5) is 5.69 Å². The molecule has 4 rings (SSSR count). The number of benzene rings is 1. The first-order valence-electron chi connectivity index (χ1n) is 9.17. The monoisotopic (exact) mass is 447 g/mol. The number of rotatable bonds is 6. The summed E-state index contributed by atoms with van der Waals surface area (Å²) in [5.74, 6) is 0.247. The number of carbonyl (C=O) groups excluding carboxylic acids is 1. The molecule has 30 heavy (non-hydrogen) atoms. The largest absolute Gasteiger partial charge is 0.459 e. The minimum absolute atomic E-state index is 0.0152. The molecule has 2 aromatic heterocycles. The Morgan fingerprint density at radius 1 is 1.23 bits per heavy atom. The molecule has 1 N–H and O–H groups in total. The van der Waals surface area contributed by atoms with Crippen molar-refractivity contribution in [2.75, 3.05) is 10.5 Å². The van der Waals surface area contributed by atoms with Crippen molar-refractivity contribution in [2.24, 2.45) is 5.10 Å². The predicted octanol–water partition coefficient (Wildman–Crippen LogP) is 4.28. The maximum Gasteiger partial charge on any atom is 0.310 e. The summed E-state index contributed by atoms with van der Waals surface area (Å²) in [6.45, 7) is 1.57. The van der Waals surface area contributed by atoms with Gasteiger partial charge in [0.25, 0.3) is 0 Å². The van der Waals surface area contributed by atoms with Crippen LogP contribution in [-0.4, -0.2) is 30.8 Å². The van der Waals surface area contributed by atoms with Crippen LogP contribution in [0.3, 0.4) is 0 Å². The minimum Gasteiger partial charge on any atom is -0.459 e. The van der Waals surface area contributed by atoms with Crippen molar-refractivity contribution in [1.82, 2.24) is 5.01 Å². The number of hydrogen-bond donors (Lipinski definition) is 1. The summed E-state index contributed by atoms with van der Waals surface area (Å²) in [7, 11) is -3.36. The van der Waals surface area contributed by atoms with Gasteiger partial charge in [-0.05, 0) is 60.5 Å². The van der Waals surface area contributed by atoms with Gasteiger partial charge in [-0.15, -0.1) is 0 Å². The molecule has 0 bridgehead atoms. The summed E-state index contributed by atoms with van der Waals surface area (Å²) in [6.07, 6.45) is 1.82. The fourth-order valence-electron chi connectivity index (χ4n) is 3.10. The summed E-state index contributed by atoms with van der Waals surface area (Å²) in [4.78, 5) is 12.9. The van der Waals surface area contributed by atoms with Gasteiger partial charge in [0, 0.05) is 12.1 Å². The number of carbonyl (C=O) groups is 1. The van der Waals surface area contributed by atoms with Gasteiger partial charge in [0.15, 0.2) is 11.0 Å². The molecule has 3 aromatic rings. The number of hydrazone groups is 1. The smallest absolute Gasteiger partial charge is 0.310 e. The minimum atomic E-state index is -3.36. The van der Waals surface area contributed by atoms with E-state index in [0.29, 0.717) is 23.6 Å². The molecule has 0 spiro atoms. The zero-order chi connectivity index (χ0) is 21.3. The van der Waals surface area contributed by atoms with E-state index in [1.165, 1.54) is 11.3 Å². The fraction of sp³-hybridized carbons (Fsp3) is 0.200. The van der Waals surface area contributed by atoms with Crippen LogP contribution >= 0.6 is 11.6 Å². The van der Waals surface area contributed by atoms with Gasteiger partial charge in [-0.1, -0.05) is 12.1 Å². The van der Waals surface area contributed by atoms with Gasteiger partial charge >= 0.3 is 5.91 Å². The van der Waals surface area contributed by atoms with E-state index in [1.54, 1.807) is 55.5 Å². The highest BCUT2D eigenvalue weighted by atomic mass is 35.5. The lowest BCUT2D eigenvalue weighted by atomic mass is 10.0. The average Bonchev–Trinajstić information content (AvgIpc) is 3.48. The first-order chi connectivity index (χ1) is 14.4. The summed E-state index contributed by atoms with van der Waals surface area (Å²) < 4.78 is 36.7. The topological polar surface area (TPSA) is 105 Å². The number of anilines is 1. The standard InChI is InChI=1S/C20H18ClN3O5S/c1-2-30(26,27)23-14-7-5-13(6-8-14)15-12-16(17-9-10-19(21)29-17)24(22-15)20(25)18-4-3-11-28-18/h3-11,16,23H,2,12H2,1H3/t16-/m0/s1. The van der Waals surface area contributed by atoms with Crippen LogP contribution in [0, 0.1) is 0 Å². The highest BCUT2D eigenvalue weighted by Gasteiger charge is 2.36.